The fraction of sp³-hybridized carbons (Fsp3) is 0.211. The Kier molecular flexibility index (Phi) is 4.82. The summed E-state index contributed by atoms with van der Waals surface area (Å²) >= 11 is 1.63. The van der Waals surface area contributed by atoms with Gasteiger partial charge in [0.25, 0.3) is 5.56 Å². The monoisotopic (exact) mass is 399 g/mol. The summed E-state index contributed by atoms with van der Waals surface area (Å²) in [4.78, 5) is 19.7. The van der Waals surface area contributed by atoms with Crippen molar-refractivity contribution in [1.82, 2.24) is 24.6 Å². The third kappa shape index (κ3) is 3.18. The van der Waals surface area contributed by atoms with E-state index in [-0.39, 0.29) is 18.0 Å². The molecule has 0 saturated carbocycles. The van der Waals surface area contributed by atoms with Gasteiger partial charge in [-0.15, -0.1) is 23.7 Å². The second kappa shape index (κ2) is 7.26. The van der Waals surface area contributed by atoms with Crippen molar-refractivity contribution in [1.29, 1.82) is 0 Å². The fourth-order valence-corrected chi connectivity index (χ4v) is 4.63. The molecule has 0 saturated heterocycles. The van der Waals surface area contributed by atoms with Crippen LogP contribution in [0.2, 0.25) is 0 Å². The molecule has 0 bridgehead atoms. The number of thiophene rings is 1. The van der Waals surface area contributed by atoms with Crippen LogP contribution in [0.3, 0.4) is 0 Å². The third-order valence-corrected chi connectivity index (χ3v) is 5.87. The Bertz CT molecular complexity index is 1150. The minimum absolute atomic E-state index is 0. The van der Waals surface area contributed by atoms with Crippen LogP contribution in [-0.2, 0) is 19.5 Å². The number of fused-ring (bicyclic) bond motifs is 3. The van der Waals surface area contributed by atoms with Gasteiger partial charge in [-0.2, -0.15) is 5.10 Å². The van der Waals surface area contributed by atoms with E-state index in [9.17, 15) is 4.79 Å². The van der Waals surface area contributed by atoms with Crippen LogP contribution in [0.25, 0.3) is 15.9 Å². The number of nitrogens with zero attached hydrogens (tertiary/aromatic N) is 4. The lowest BCUT2D eigenvalue weighted by Gasteiger charge is -2.12. The molecular weight excluding hydrogens is 382 g/mol. The summed E-state index contributed by atoms with van der Waals surface area (Å²) in [6, 6.07) is 9.96. The molecule has 1 aliphatic rings. The molecule has 5 rings (SSSR count). The summed E-state index contributed by atoms with van der Waals surface area (Å²) < 4.78 is 3.52. The second-order valence-electron chi connectivity index (χ2n) is 6.41. The van der Waals surface area contributed by atoms with Gasteiger partial charge in [-0.05, 0) is 42.3 Å². The van der Waals surface area contributed by atoms with Crippen molar-refractivity contribution in [2.75, 3.05) is 6.54 Å². The summed E-state index contributed by atoms with van der Waals surface area (Å²) in [5.41, 5.74) is 3.26. The zero-order chi connectivity index (χ0) is 17.5. The van der Waals surface area contributed by atoms with E-state index in [4.69, 9.17) is 0 Å². The van der Waals surface area contributed by atoms with Gasteiger partial charge in [-0.3, -0.25) is 9.36 Å². The molecule has 138 valence electrons. The maximum absolute atomic E-state index is 13.1. The molecule has 0 fully saturated rings. The Balaban J connectivity index is 0.00000180. The maximum atomic E-state index is 13.1. The summed E-state index contributed by atoms with van der Waals surface area (Å²) in [6.45, 7) is 2.25. The number of hydrogen-bond acceptors (Lipinski definition) is 5. The van der Waals surface area contributed by atoms with Crippen LogP contribution in [0.4, 0.5) is 0 Å². The van der Waals surface area contributed by atoms with E-state index < -0.39 is 0 Å². The van der Waals surface area contributed by atoms with E-state index in [0.29, 0.717) is 6.54 Å². The average Bonchev–Trinajstić information content (AvgIpc) is 3.32. The van der Waals surface area contributed by atoms with Crippen LogP contribution in [0.15, 0.2) is 53.8 Å². The normalized spacial score (nSPS) is 13.3. The molecule has 8 heteroatoms. The van der Waals surface area contributed by atoms with Gasteiger partial charge in [0.2, 0.25) is 0 Å². The zero-order valence-corrected chi connectivity index (χ0v) is 16.1. The molecule has 0 aliphatic carbocycles. The van der Waals surface area contributed by atoms with Gasteiger partial charge in [-0.25, -0.2) is 9.67 Å². The standard InChI is InChI=1S/C19H17N5OS.ClH/c25-19-17-15-5-7-20-10-16(15)26-18(17)21-12-23(19)11-13-3-1-4-14(9-13)24-8-2-6-22-24;/h1-4,6,8-9,12,20H,5,7,10-11H2;1H. The molecule has 0 atom stereocenters. The lowest BCUT2D eigenvalue weighted by molar-refractivity contribution is 0.656. The average molecular weight is 400 g/mol. The summed E-state index contributed by atoms with van der Waals surface area (Å²) in [6.07, 6.45) is 6.22. The number of nitrogens with one attached hydrogen (secondary N) is 1. The van der Waals surface area contributed by atoms with E-state index in [1.54, 1.807) is 28.4 Å². The summed E-state index contributed by atoms with van der Waals surface area (Å²) in [7, 11) is 0. The first-order valence-corrected chi connectivity index (χ1v) is 9.40. The first-order chi connectivity index (χ1) is 12.8. The van der Waals surface area contributed by atoms with E-state index in [2.05, 4.69) is 21.5 Å². The Morgan fingerprint density at radius 3 is 3.04 bits per heavy atom. The van der Waals surface area contributed by atoms with Crippen molar-refractivity contribution >= 4 is 34.0 Å². The molecular formula is C19H18ClN5OS. The van der Waals surface area contributed by atoms with Crippen LogP contribution >= 0.6 is 23.7 Å². The zero-order valence-electron chi connectivity index (χ0n) is 14.5. The Morgan fingerprint density at radius 1 is 1.26 bits per heavy atom. The Morgan fingerprint density at radius 2 is 2.19 bits per heavy atom. The molecule has 0 radical (unpaired) electrons. The highest BCUT2D eigenvalue weighted by Crippen LogP contribution is 2.29. The number of halogens is 1. The number of benzene rings is 1. The van der Waals surface area contributed by atoms with Crippen LogP contribution < -0.4 is 10.9 Å². The largest absolute Gasteiger partial charge is 0.312 e. The lowest BCUT2D eigenvalue weighted by atomic mass is 10.1. The molecule has 6 nitrogen and oxygen atoms in total. The molecule has 4 aromatic rings. The van der Waals surface area contributed by atoms with Gasteiger partial charge in [-0.1, -0.05) is 12.1 Å². The van der Waals surface area contributed by atoms with E-state index in [1.165, 1.54) is 10.4 Å². The predicted molar refractivity (Wildman–Crippen MR) is 109 cm³/mol. The van der Waals surface area contributed by atoms with E-state index in [0.717, 1.165) is 41.0 Å². The van der Waals surface area contributed by atoms with Crippen molar-refractivity contribution in [2.24, 2.45) is 0 Å². The number of rotatable bonds is 3. The molecule has 0 spiro atoms. The topological polar surface area (TPSA) is 64.7 Å². The number of aromatic nitrogens is 4. The Hall–Kier alpha value is -2.48. The van der Waals surface area contributed by atoms with E-state index >= 15 is 0 Å². The second-order valence-corrected chi connectivity index (χ2v) is 7.49. The fourth-order valence-electron chi connectivity index (χ4n) is 3.48. The van der Waals surface area contributed by atoms with Crippen molar-refractivity contribution in [3.63, 3.8) is 0 Å². The molecule has 0 amide bonds. The van der Waals surface area contributed by atoms with Crippen LogP contribution in [0, 0.1) is 0 Å². The highest BCUT2D eigenvalue weighted by molar-refractivity contribution is 7.18. The highest BCUT2D eigenvalue weighted by atomic mass is 35.5. The van der Waals surface area contributed by atoms with Crippen molar-refractivity contribution in [2.45, 2.75) is 19.5 Å². The molecule has 3 aromatic heterocycles. The smallest absolute Gasteiger partial charge is 0.262 e. The van der Waals surface area contributed by atoms with Gasteiger partial charge in [0.05, 0.1) is 23.9 Å². The molecule has 27 heavy (non-hydrogen) atoms. The van der Waals surface area contributed by atoms with Gasteiger partial charge in [0.1, 0.15) is 4.83 Å². The molecule has 0 unspecified atom stereocenters. The Labute approximate surface area is 165 Å². The van der Waals surface area contributed by atoms with Gasteiger partial charge < -0.3 is 5.32 Å². The predicted octanol–water partition coefficient (Wildman–Crippen LogP) is 2.76. The van der Waals surface area contributed by atoms with Crippen molar-refractivity contribution in [3.05, 3.63) is 75.4 Å². The minimum atomic E-state index is 0. The van der Waals surface area contributed by atoms with Crippen molar-refractivity contribution < 1.29 is 0 Å². The van der Waals surface area contributed by atoms with Gasteiger partial charge in [0.15, 0.2) is 0 Å². The maximum Gasteiger partial charge on any atom is 0.262 e. The van der Waals surface area contributed by atoms with Gasteiger partial charge >= 0.3 is 0 Å². The SMILES string of the molecule is Cl.O=c1c2c3c(sc2ncn1Cc1cccc(-n2cccn2)c1)CNCC3. The summed E-state index contributed by atoms with van der Waals surface area (Å²) in [5.74, 6) is 0. The van der Waals surface area contributed by atoms with Crippen LogP contribution in [-0.4, -0.2) is 25.9 Å². The van der Waals surface area contributed by atoms with Crippen molar-refractivity contribution in [3.8, 4) is 5.69 Å². The van der Waals surface area contributed by atoms with Crippen LogP contribution in [0.1, 0.15) is 16.0 Å². The van der Waals surface area contributed by atoms with Gasteiger partial charge in [0, 0.05) is 23.8 Å². The molecule has 1 N–H and O–H groups in total. The van der Waals surface area contributed by atoms with Crippen LogP contribution in [0.5, 0.6) is 0 Å². The van der Waals surface area contributed by atoms with E-state index in [1.807, 2.05) is 35.1 Å². The highest BCUT2D eigenvalue weighted by Gasteiger charge is 2.19. The third-order valence-electron chi connectivity index (χ3n) is 4.73. The first-order valence-electron chi connectivity index (χ1n) is 8.59. The first kappa shape index (κ1) is 17.9. The minimum Gasteiger partial charge on any atom is -0.312 e. The molecule has 4 heterocycles. The lowest BCUT2D eigenvalue weighted by Crippen LogP contribution is -2.25. The molecule has 1 aliphatic heterocycles. The number of hydrogen-bond donors (Lipinski definition) is 1. The quantitative estimate of drug-likeness (QED) is 0.575. The molecule has 1 aromatic carbocycles. The summed E-state index contributed by atoms with van der Waals surface area (Å²) in [5, 5.41) is 8.43.